The van der Waals surface area contributed by atoms with Gasteiger partial charge in [0.05, 0.1) is 13.2 Å². The number of morpholine rings is 1. The zero-order chi connectivity index (χ0) is 13.2. The molecule has 0 aliphatic carbocycles. The monoisotopic (exact) mass is 255 g/mol. The summed E-state index contributed by atoms with van der Waals surface area (Å²) in [7, 11) is 0. The van der Waals surface area contributed by atoms with Crippen LogP contribution in [0.15, 0.2) is 0 Å². The quantitative estimate of drug-likeness (QED) is 0.809. The zero-order valence-electron chi connectivity index (χ0n) is 12.2. The fourth-order valence-corrected chi connectivity index (χ4v) is 2.77. The summed E-state index contributed by atoms with van der Waals surface area (Å²) in [6.45, 7) is 14.1. The first-order chi connectivity index (χ1) is 8.47. The number of nitrogens with zero attached hydrogens (tertiary/aromatic N) is 2. The molecule has 0 aromatic carbocycles. The first-order valence-corrected chi connectivity index (χ1v) is 7.26. The lowest BCUT2D eigenvalue weighted by Crippen LogP contribution is -2.47. The summed E-state index contributed by atoms with van der Waals surface area (Å²) in [5.41, 5.74) is 6.48. The van der Waals surface area contributed by atoms with E-state index in [2.05, 4.69) is 30.6 Å². The van der Waals surface area contributed by atoms with Gasteiger partial charge in [-0.05, 0) is 18.4 Å². The van der Waals surface area contributed by atoms with Crippen LogP contribution in [0.3, 0.4) is 0 Å². The number of likely N-dealkylation sites (tertiary alicyclic amines) is 1. The van der Waals surface area contributed by atoms with E-state index in [1.807, 2.05) is 0 Å². The molecule has 0 radical (unpaired) electrons. The summed E-state index contributed by atoms with van der Waals surface area (Å²) < 4.78 is 5.42. The molecular weight excluding hydrogens is 226 g/mol. The van der Waals surface area contributed by atoms with Crippen LogP contribution in [-0.4, -0.2) is 67.8 Å². The third-order valence-corrected chi connectivity index (χ3v) is 4.38. The van der Waals surface area contributed by atoms with Crippen molar-refractivity contribution in [3.63, 3.8) is 0 Å². The molecule has 2 rings (SSSR count). The normalized spacial score (nSPS) is 29.7. The molecule has 0 amide bonds. The Morgan fingerprint density at radius 2 is 1.89 bits per heavy atom. The Labute approximate surface area is 111 Å². The standard InChI is InChI=1S/C14H29N3O/c1-14(2,3)13(15)11-16-5-4-12(10-16)17-6-8-18-9-7-17/h12-13H,4-11,15H2,1-3H3. The van der Waals surface area contributed by atoms with Crippen molar-refractivity contribution in [1.82, 2.24) is 9.80 Å². The SMILES string of the molecule is CC(C)(C)C(N)CN1CCC(N2CCOCC2)C1. The van der Waals surface area contributed by atoms with Crippen LogP contribution in [0.1, 0.15) is 27.2 Å². The van der Waals surface area contributed by atoms with Crippen molar-refractivity contribution < 1.29 is 4.74 Å². The fraction of sp³-hybridized carbons (Fsp3) is 1.00. The molecule has 4 nitrogen and oxygen atoms in total. The highest BCUT2D eigenvalue weighted by Gasteiger charge is 2.31. The van der Waals surface area contributed by atoms with Crippen LogP contribution in [-0.2, 0) is 4.74 Å². The maximum Gasteiger partial charge on any atom is 0.0594 e. The number of nitrogens with two attached hydrogens (primary N) is 1. The van der Waals surface area contributed by atoms with Gasteiger partial charge in [-0.25, -0.2) is 0 Å². The van der Waals surface area contributed by atoms with Crippen LogP contribution in [0.5, 0.6) is 0 Å². The van der Waals surface area contributed by atoms with Crippen LogP contribution in [0.25, 0.3) is 0 Å². The lowest BCUT2D eigenvalue weighted by atomic mass is 9.87. The highest BCUT2D eigenvalue weighted by molar-refractivity contribution is 4.88. The van der Waals surface area contributed by atoms with Gasteiger partial charge in [0.25, 0.3) is 0 Å². The van der Waals surface area contributed by atoms with Crippen molar-refractivity contribution in [1.29, 1.82) is 0 Å². The van der Waals surface area contributed by atoms with Crippen molar-refractivity contribution in [3.8, 4) is 0 Å². The predicted octanol–water partition coefficient (Wildman–Crippen LogP) is 0.766. The maximum atomic E-state index is 6.28. The average Bonchev–Trinajstić information content (AvgIpc) is 2.77. The van der Waals surface area contributed by atoms with Gasteiger partial charge in [0.1, 0.15) is 0 Å². The van der Waals surface area contributed by atoms with Gasteiger partial charge in [-0.15, -0.1) is 0 Å². The van der Waals surface area contributed by atoms with Crippen LogP contribution >= 0.6 is 0 Å². The molecule has 0 saturated carbocycles. The van der Waals surface area contributed by atoms with Gasteiger partial charge in [-0.3, -0.25) is 4.90 Å². The Kier molecular flexibility index (Phi) is 4.64. The van der Waals surface area contributed by atoms with E-state index in [0.717, 1.165) is 38.9 Å². The topological polar surface area (TPSA) is 41.7 Å². The molecule has 0 spiro atoms. The van der Waals surface area contributed by atoms with Gasteiger partial charge in [-0.1, -0.05) is 20.8 Å². The molecule has 0 aromatic heterocycles. The summed E-state index contributed by atoms with van der Waals surface area (Å²) in [6, 6.07) is 0.988. The van der Waals surface area contributed by atoms with Gasteiger partial charge in [0.2, 0.25) is 0 Å². The predicted molar refractivity (Wildman–Crippen MR) is 74.7 cm³/mol. The van der Waals surface area contributed by atoms with Gasteiger partial charge >= 0.3 is 0 Å². The number of hydrogen-bond acceptors (Lipinski definition) is 4. The minimum atomic E-state index is 0.205. The van der Waals surface area contributed by atoms with E-state index in [4.69, 9.17) is 10.5 Å². The summed E-state index contributed by atoms with van der Waals surface area (Å²) in [4.78, 5) is 5.13. The van der Waals surface area contributed by atoms with Gasteiger partial charge in [0, 0.05) is 38.3 Å². The number of rotatable bonds is 3. The summed E-state index contributed by atoms with van der Waals surface area (Å²) >= 11 is 0. The van der Waals surface area contributed by atoms with Crippen LogP contribution in [0.2, 0.25) is 0 Å². The highest BCUT2D eigenvalue weighted by atomic mass is 16.5. The maximum absolute atomic E-state index is 6.28. The molecule has 4 heteroatoms. The molecule has 2 atom stereocenters. The number of ether oxygens (including phenoxy) is 1. The number of hydrogen-bond donors (Lipinski definition) is 1. The Morgan fingerprint density at radius 3 is 2.50 bits per heavy atom. The molecule has 2 aliphatic rings. The second-order valence-corrected chi connectivity index (χ2v) is 6.82. The van der Waals surface area contributed by atoms with E-state index in [1.54, 1.807) is 0 Å². The van der Waals surface area contributed by atoms with Crippen LogP contribution in [0.4, 0.5) is 0 Å². The van der Waals surface area contributed by atoms with Crippen molar-refractivity contribution in [3.05, 3.63) is 0 Å². The Morgan fingerprint density at radius 1 is 1.22 bits per heavy atom. The van der Waals surface area contributed by atoms with Gasteiger partial charge in [-0.2, -0.15) is 0 Å². The lowest BCUT2D eigenvalue weighted by molar-refractivity contribution is 0.0182. The van der Waals surface area contributed by atoms with E-state index in [-0.39, 0.29) is 11.5 Å². The summed E-state index contributed by atoms with van der Waals surface area (Å²) in [6.07, 6.45) is 1.29. The molecule has 0 aromatic rings. The second kappa shape index (κ2) is 5.87. The smallest absolute Gasteiger partial charge is 0.0594 e. The molecule has 0 bridgehead atoms. The van der Waals surface area contributed by atoms with Crippen LogP contribution < -0.4 is 5.73 Å². The lowest BCUT2D eigenvalue weighted by Gasteiger charge is -2.33. The van der Waals surface area contributed by atoms with E-state index < -0.39 is 0 Å². The van der Waals surface area contributed by atoms with Crippen molar-refractivity contribution in [2.75, 3.05) is 45.9 Å². The fourth-order valence-electron chi connectivity index (χ4n) is 2.77. The molecule has 2 heterocycles. The van der Waals surface area contributed by atoms with E-state index in [9.17, 15) is 0 Å². The third kappa shape index (κ3) is 3.67. The van der Waals surface area contributed by atoms with Gasteiger partial charge in [0.15, 0.2) is 0 Å². The molecule has 2 unspecified atom stereocenters. The van der Waals surface area contributed by atoms with Crippen LogP contribution in [0, 0.1) is 5.41 Å². The first-order valence-electron chi connectivity index (χ1n) is 7.26. The Bertz CT molecular complexity index is 258. The summed E-state index contributed by atoms with van der Waals surface area (Å²) in [5, 5.41) is 0. The average molecular weight is 255 g/mol. The first kappa shape index (κ1) is 14.3. The third-order valence-electron chi connectivity index (χ3n) is 4.38. The molecule has 2 saturated heterocycles. The van der Waals surface area contributed by atoms with Crippen molar-refractivity contribution in [2.24, 2.45) is 11.1 Å². The molecular formula is C14H29N3O. The van der Waals surface area contributed by atoms with Crippen molar-refractivity contribution >= 4 is 0 Å². The molecule has 2 fully saturated rings. The molecule has 106 valence electrons. The zero-order valence-corrected chi connectivity index (χ0v) is 12.2. The Hall–Kier alpha value is -0.160. The molecule has 2 aliphatic heterocycles. The van der Waals surface area contributed by atoms with E-state index in [1.165, 1.54) is 19.5 Å². The molecule has 18 heavy (non-hydrogen) atoms. The van der Waals surface area contributed by atoms with Gasteiger partial charge < -0.3 is 15.4 Å². The van der Waals surface area contributed by atoms with E-state index in [0.29, 0.717) is 0 Å². The largest absolute Gasteiger partial charge is 0.379 e. The van der Waals surface area contributed by atoms with E-state index >= 15 is 0 Å². The minimum absolute atomic E-state index is 0.205. The second-order valence-electron chi connectivity index (χ2n) is 6.82. The minimum Gasteiger partial charge on any atom is -0.379 e. The summed E-state index contributed by atoms with van der Waals surface area (Å²) in [5.74, 6) is 0. The molecule has 2 N–H and O–H groups in total. The Balaban J connectivity index is 1.77. The highest BCUT2D eigenvalue weighted by Crippen LogP contribution is 2.22. The van der Waals surface area contributed by atoms with Crippen molar-refractivity contribution in [2.45, 2.75) is 39.3 Å².